The number of carbonyl (C=O) groups excluding carboxylic acids is 1. The molecule has 0 saturated heterocycles. The fourth-order valence-corrected chi connectivity index (χ4v) is 2.21. The molecule has 80 valence electrons. The fraction of sp³-hybridized carbons (Fsp3) is 0.538. The Bertz CT molecular complexity index is 315. The molecule has 0 N–H and O–H groups in total. The van der Waals surface area contributed by atoms with Gasteiger partial charge in [0.25, 0.3) is 0 Å². The molecule has 1 fully saturated rings. The van der Waals surface area contributed by atoms with Crippen molar-refractivity contribution in [3.8, 4) is 0 Å². The molecule has 2 aliphatic rings. The first-order valence-corrected chi connectivity index (χ1v) is 5.76. The van der Waals surface area contributed by atoms with E-state index in [0.717, 1.165) is 38.5 Å². The molecular formula is C13H17NO. The molecule has 1 aliphatic carbocycles. The number of hydrogen-bond acceptors (Lipinski definition) is 2. The number of allylic oxidation sites excluding steroid dienone is 3. The van der Waals surface area contributed by atoms with Crippen LogP contribution in [0.1, 0.15) is 38.5 Å². The van der Waals surface area contributed by atoms with Gasteiger partial charge in [0.2, 0.25) is 0 Å². The van der Waals surface area contributed by atoms with Crippen molar-refractivity contribution in [2.24, 2.45) is 10.9 Å². The van der Waals surface area contributed by atoms with Gasteiger partial charge in [0.1, 0.15) is 5.78 Å². The first-order valence-electron chi connectivity index (χ1n) is 5.76. The van der Waals surface area contributed by atoms with Crippen LogP contribution in [0.3, 0.4) is 0 Å². The third-order valence-electron chi connectivity index (χ3n) is 3.14. The van der Waals surface area contributed by atoms with Gasteiger partial charge in [-0.15, -0.1) is 0 Å². The molecule has 0 bridgehead atoms. The summed E-state index contributed by atoms with van der Waals surface area (Å²) in [5, 5.41) is 0. The van der Waals surface area contributed by atoms with E-state index in [9.17, 15) is 4.79 Å². The second-order valence-electron chi connectivity index (χ2n) is 4.26. The first-order chi connectivity index (χ1) is 7.36. The highest BCUT2D eigenvalue weighted by atomic mass is 16.1. The highest BCUT2D eigenvalue weighted by molar-refractivity contribution is 5.82. The summed E-state index contributed by atoms with van der Waals surface area (Å²) in [6.45, 7) is 0. The van der Waals surface area contributed by atoms with Gasteiger partial charge in [-0.3, -0.25) is 9.79 Å². The van der Waals surface area contributed by atoms with Crippen LogP contribution >= 0.6 is 0 Å². The van der Waals surface area contributed by atoms with Gasteiger partial charge in [-0.25, -0.2) is 0 Å². The van der Waals surface area contributed by atoms with E-state index in [4.69, 9.17) is 0 Å². The number of carbonyl (C=O) groups is 1. The van der Waals surface area contributed by atoms with Crippen molar-refractivity contribution in [3.05, 3.63) is 23.9 Å². The monoisotopic (exact) mass is 203 g/mol. The Kier molecular flexibility index (Phi) is 3.49. The van der Waals surface area contributed by atoms with Crippen molar-refractivity contribution in [2.45, 2.75) is 38.5 Å². The van der Waals surface area contributed by atoms with E-state index >= 15 is 0 Å². The lowest BCUT2D eigenvalue weighted by Gasteiger charge is -2.22. The van der Waals surface area contributed by atoms with Crippen LogP contribution in [-0.2, 0) is 4.79 Å². The summed E-state index contributed by atoms with van der Waals surface area (Å²) >= 11 is 0. The number of rotatable bonds is 1. The topological polar surface area (TPSA) is 29.4 Å². The summed E-state index contributed by atoms with van der Waals surface area (Å²) in [6.07, 6.45) is 13.9. The average Bonchev–Trinajstić information content (AvgIpc) is 2.19. The second kappa shape index (κ2) is 5.06. The molecule has 0 atom stereocenters. The average molecular weight is 203 g/mol. The summed E-state index contributed by atoms with van der Waals surface area (Å²) in [5.74, 6) is 0.993. The van der Waals surface area contributed by atoms with Crippen LogP contribution < -0.4 is 0 Å². The van der Waals surface area contributed by atoms with Crippen molar-refractivity contribution in [1.29, 1.82) is 0 Å². The largest absolute Gasteiger partial charge is 0.300 e. The molecular weight excluding hydrogens is 186 g/mol. The number of nitrogens with zero attached hydrogens (tertiary/aromatic N) is 1. The molecule has 2 nitrogen and oxygen atoms in total. The molecule has 1 aliphatic heterocycles. The minimum absolute atomic E-state index is 0.425. The molecule has 0 unspecified atom stereocenters. The smallest absolute Gasteiger partial charge is 0.132 e. The SMILES string of the molecule is O=C1CCC(C2=CCC/C=C/N=C2)CC1. The van der Waals surface area contributed by atoms with Crippen molar-refractivity contribution in [1.82, 2.24) is 0 Å². The van der Waals surface area contributed by atoms with E-state index < -0.39 is 0 Å². The fourth-order valence-electron chi connectivity index (χ4n) is 2.21. The number of Topliss-reactive ketones (excluding diaryl/α,β-unsaturated/α-hetero) is 1. The second-order valence-corrected chi connectivity index (χ2v) is 4.26. The summed E-state index contributed by atoms with van der Waals surface area (Å²) in [4.78, 5) is 15.4. The van der Waals surface area contributed by atoms with Crippen LogP contribution in [0.4, 0.5) is 0 Å². The Morgan fingerprint density at radius 2 is 2.00 bits per heavy atom. The van der Waals surface area contributed by atoms with Gasteiger partial charge in [-0.05, 0) is 37.2 Å². The molecule has 0 radical (unpaired) electrons. The maximum Gasteiger partial charge on any atom is 0.132 e. The van der Waals surface area contributed by atoms with Gasteiger partial charge in [-0.1, -0.05) is 12.2 Å². The van der Waals surface area contributed by atoms with Gasteiger partial charge >= 0.3 is 0 Å². The molecule has 1 heterocycles. The van der Waals surface area contributed by atoms with Crippen LogP contribution in [-0.4, -0.2) is 12.0 Å². The highest BCUT2D eigenvalue weighted by Gasteiger charge is 2.20. The van der Waals surface area contributed by atoms with Crippen molar-refractivity contribution >= 4 is 12.0 Å². The predicted molar refractivity (Wildman–Crippen MR) is 61.9 cm³/mol. The lowest BCUT2D eigenvalue weighted by molar-refractivity contribution is -0.120. The Balaban J connectivity index is 2.02. The third-order valence-corrected chi connectivity index (χ3v) is 3.14. The zero-order chi connectivity index (χ0) is 10.5. The molecule has 0 aromatic heterocycles. The predicted octanol–water partition coefficient (Wildman–Crippen LogP) is 3.05. The third kappa shape index (κ3) is 2.88. The lowest BCUT2D eigenvalue weighted by Crippen LogP contribution is -2.16. The van der Waals surface area contributed by atoms with Crippen LogP contribution in [0, 0.1) is 5.92 Å². The summed E-state index contributed by atoms with van der Waals surface area (Å²) in [6, 6.07) is 0. The van der Waals surface area contributed by atoms with E-state index in [-0.39, 0.29) is 0 Å². The summed E-state index contributed by atoms with van der Waals surface area (Å²) in [7, 11) is 0. The van der Waals surface area contributed by atoms with Crippen molar-refractivity contribution in [2.75, 3.05) is 0 Å². The summed E-state index contributed by atoms with van der Waals surface area (Å²) in [5.41, 5.74) is 1.34. The molecule has 0 aromatic rings. The standard InChI is InChI=1S/C13H17NO/c15-13-7-5-11(6-8-13)12-4-2-1-3-9-14-10-12/h3-4,9-11H,1-2,5-8H2/b9-3+,12-4?,14-10?. The van der Waals surface area contributed by atoms with Crippen LogP contribution in [0.25, 0.3) is 0 Å². The van der Waals surface area contributed by atoms with Gasteiger partial charge < -0.3 is 0 Å². The lowest BCUT2D eigenvalue weighted by atomic mass is 9.83. The Morgan fingerprint density at radius 3 is 2.80 bits per heavy atom. The Hall–Kier alpha value is -1.18. The molecule has 2 rings (SSSR count). The van der Waals surface area contributed by atoms with Gasteiger partial charge in [-0.2, -0.15) is 0 Å². The minimum atomic E-state index is 0.425. The zero-order valence-corrected chi connectivity index (χ0v) is 8.98. The number of hydrogen-bond donors (Lipinski definition) is 0. The first kappa shape index (κ1) is 10.3. The Morgan fingerprint density at radius 1 is 1.20 bits per heavy atom. The maximum absolute atomic E-state index is 11.2. The van der Waals surface area contributed by atoms with Crippen LogP contribution in [0.5, 0.6) is 0 Å². The van der Waals surface area contributed by atoms with Gasteiger partial charge in [0.15, 0.2) is 0 Å². The van der Waals surface area contributed by atoms with Crippen LogP contribution in [0.2, 0.25) is 0 Å². The molecule has 0 spiro atoms. The molecule has 1 saturated carbocycles. The highest BCUT2D eigenvalue weighted by Crippen LogP contribution is 2.28. The normalized spacial score (nSPS) is 25.6. The van der Waals surface area contributed by atoms with E-state index in [2.05, 4.69) is 17.1 Å². The van der Waals surface area contributed by atoms with Crippen LogP contribution in [0.15, 0.2) is 28.9 Å². The molecule has 15 heavy (non-hydrogen) atoms. The quantitative estimate of drug-likeness (QED) is 0.644. The number of ketones is 1. The molecule has 0 aromatic carbocycles. The van der Waals surface area contributed by atoms with E-state index in [1.165, 1.54) is 5.57 Å². The van der Waals surface area contributed by atoms with Gasteiger partial charge in [0.05, 0.1) is 0 Å². The maximum atomic E-state index is 11.2. The minimum Gasteiger partial charge on any atom is -0.300 e. The van der Waals surface area contributed by atoms with Gasteiger partial charge in [0, 0.05) is 25.3 Å². The molecule has 2 heteroatoms. The summed E-state index contributed by atoms with van der Waals surface area (Å²) < 4.78 is 0. The zero-order valence-electron chi connectivity index (χ0n) is 8.98. The Labute approximate surface area is 90.8 Å². The number of aliphatic imine (C=N–C) groups is 1. The van der Waals surface area contributed by atoms with Crippen molar-refractivity contribution < 1.29 is 4.79 Å². The van der Waals surface area contributed by atoms with E-state index in [1.807, 2.05) is 12.4 Å². The van der Waals surface area contributed by atoms with E-state index in [1.54, 1.807) is 0 Å². The van der Waals surface area contributed by atoms with Crippen molar-refractivity contribution in [3.63, 3.8) is 0 Å². The molecule has 0 amide bonds. The van der Waals surface area contributed by atoms with E-state index in [0.29, 0.717) is 11.7 Å².